The summed E-state index contributed by atoms with van der Waals surface area (Å²) in [6, 6.07) is 0. The zero-order chi connectivity index (χ0) is 15.7. The van der Waals surface area contributed by atoms with Crippen molar-refractivity contribution in [2.75, 3.05) is 13.2 Å². The van der Waals surface area contributed by atoms with Crippen LogP contribution in [0, 0.1) is 17.8 Å². The highest BCUT2D eigenvalue weighted by Gasteiger charge is 2.28. The van der Waals surface area contributed by atoms with Crippen LogP contribution in [-0.2, 0) is 9.53 Å². The van der Waals surface area contributed by atoms with Crippen molar-refractivity contribution < 1.29 is 14.6 Å². The van der Waals surface area contributed by atoms with Gasteiger partial charge in [-0.3, -0.25) is 0 Å². The van der Waals surface area contributed by atoms with Gasteiger partial charge in [0.1, 0.15) is 0 Å². The number of rotatable bonds is 9. The molecule has 0 amide bonds. The third-order valence-electron chi connectivity index (χ3n) is 4.79. The Morgan fingerprint density at radius 1 is 1.29 bits per heavy atom. The van der Waals surface area contributed by atoms with Crippen LogP contribution in [0.4, 0.5) is 0 Å². The monoisotopic (exact) mass is 296 g/mol. The molecule has 0 heterocycles. The Balaban J connectivity index is 2.29. The van der Waals surface area contributed by atoms with Crippen molar-refractivity contribution in [1.29, 1.82) is 0 Å². The molecule has 0 aromatic carbocycles. The lowest BCUT2D eigenvalue weighted by molar-refractivity contribution is -0.141. The molecule has 122 valence electrons. The first-order chi connectivity index (χ1) is 10.1. The summed E-state index contributed by atoms with van der Waals surface area (Å²) >= 11 is 0. The molecule has 1 rings (SSSR count). The van der Waals surface area contributed by atoms with E-state index in [9.17, 15) is 9.90 Å². The van der Waals surface area contributed by atoms with E-state index in [1.165, 1.54) is 38.5 Å². The Morgan fingerprint density at radius 3 is 2.48 bits per heavy atom. The van der Waals surface area contributed by atoms with Crippen LogP contribution in [0.25, 0.3) is 0 Å². The fourth-order valence-electron chi connectivity index (χ4n) is 3.28. The Kier molecular flexibility index (Phi) is 8.67. The Hall–Kier alpha value is -0.830. The minimum absolute atomic E-state index is 0.0879. The van der Waals surface area contributed by atoms with Crippen LogP contribution >= 0.6 is 0 Å². The fourth-order valence-corrected chi connectivity index (χ4v) is 3.28. The van der Waals surface area contributed by atoms with Gasteiger partial charge >= 0.3 is 5.97 Å². The minimum atomic E-state index is -0.346. The van der Waals surface area contributed by atoms with E-state index >= 15 is 0 Å². The van der Waals surface area contributed by atoms with Gasteiger partial charge in [-0.2, -0.15) is 0 Å². The summed E-state index contributed by atoms with van der Waals surface area (Å²) in [5.41, 5.74) is 0.423. The molecule has 1 saturated carbocycles. The third kappa shape index (κ3) is 6.64. The first kappa shape index (κ1) is 18.2. The average Bonchev–Trinajstić information content (AvgIpc) is 2.49. The maximum Gasteiger partial charge on any atom is 0.333 e. The molecular weight excluding hydrogens is 264 g/mol. The number of ether oxygens (including phenoxy) is 1. The first-order valence-electron chi connectivity index (χ1n) is 8.51. The van der Waals surface area contributed by atoms with Gasteiger partial charge in [-0.1, -0.05) is 52.0 Å². The maximum atomic E-state index is 11.4. The second-order valence-electron chi connectivity index (χ2n) is 6.60. The molecule has 0 spiro atoms. The molecule has 1 aliphatic carbocycles. The molecule has 0 bridgehead atoms. The molecule has 3 nitrogen and oxygen atoms in total. The van der Waals surface area contributed by atoms with Crippen molar-refractivity contribution in [3.8, 4) is 0 Å². The highest BCUT2D eigenvalue weighted by molar-refractivity contribution is 5.86. The van der Waals surface area contributed by atoms with E-state index in [1.807, 2.05) is 0 Å². The summed E-state index contributed by atoms with van der Waals surface area (Å²) in [5.74, 6) is 1.10. The molecule has 1 fully saturated rings. The summed E-state index contributed by atoms with van der Waals surface area (Å²) < 4.78 is 5.22. The van der Waals surface area contributed by atoms with E-state index in [1.54, 1.807) is 6.92 Å². The van der Waals surface area contributed by atoms with Crippen LogP contribution in [0.3, 0.4) is 0 Å². The predicted octanol–water partition coefficient (Wildman–Crippen LogP) is 4.10. The van der Waals surface area contributed by atoms with E-state index in [0.717, 1.165) is 18.8 Å². The van der Waals surface area contributed by atoms with Crippen molar-refractivity contribution >= 4 is 5.97 Å². The van der Waals surface area contributed by atoms with Gasteiger partial charge in [0.2, 0.25) is 0 Å². The van der Waals surface area contributed by atoms with Gasteiger partial charge in [-0.25, -0.2) is 4.79 Å². The summed E-state index contributed by atoms with van der Waals surface area (Å²) in [6.07, 6.45) is 10.2. The quantitative estimate of drug-likeness (QED) is 0.396. The van der Waals surface area contributed by atoms with Gasteiger partial charge in [0.25, 0.3) is 0 Å². The van der Waals surface area contributed by atoms with Gasteiger partial charge in [0.05, 0.1) is 6.61 Å². The summed E-state index contributed by atoms with van der Waals surface area (Å²) in [4.78, 5) is 11.4. The highest BCUT2D eigenvalue weighted by atomic mass is 16.5. The molecule has 1 atom stereocenters. The SMILES string of the molecule is C=C(C)C(=O)OCC(CO)C1CCC(CCCCC)CC1. The molecule has 0 saturated heterocycles. The fraction of sp³-hybridized carbons (Fsp3) is 0.833. The van der Waals surface area contributed by atoms with Gasteiger partial charge in [0, 0.05) is 18.1 Å². The predicted molar refractivity (Wildman–Crippen MR) is 85.9 cm³/mol. The van der Waals surface area contributed by atoms with Crippen molar-refractivity contribution in [3.05, 3.63) is 12.2 Å². The van der Waals surface area contributed by atoms with Crippen LogP contribution in [-0.4, -0.2) is 24.3 Å². The van der Waals surface area contributed by atoms with Gasteiger partial charge in [-0.05, 0) is 31.6 Å². The number of unbranched alkanes of at least 4 members (excludes halogenated alkanes) is 2. The van der Waals surface area contributed by atoms with Crippen molar-refractivity contribution in [2.24, 2.45) is 17.8 Å². The Bertz CT molecular complexity index is 316. The molecule has 1 unspecified atom stereocenters. The molecule has 0 aromatic rings. The van der Waals surface area contributed by atoms with E-state index in [4.69, 9.17) is 4.74 Å². The topological polar surface area (TPSA) is 46.5 Å². The van der Waals surface area contributed by atoms with E-state index in [0.29, 0.717) is 18.1 Å². The zero-order valence-electron chi connectivity index (χ0n) is 13.8. The number of aliphatic hydroxyl groups excluding tert-OH is 1. The van der Waals surface area contributed by atoms with Gasteiger partial charge in [-0.15, -0.1) is 0 Å². The largest absolute Gasteiger partial charge is 0.462 e. The number of carbonyl (C=O) groups is 1. The number of hydrogen-bond acceptors (Lipinski definition) is 3. The number of hydrogen-bond donors (Lipinski definition) is 1. The first-order valence-corrected chi connectivity index (χ1v) is 8.51. The standard InChI is InChI=1S/C18H32O3/c1-4-5-6-7-15-8-10-16(11-9-15)17(12-19)13-21-18(20)14(2)3/h15-17,19H,2,4-13H2,1,3H3. The van der Waals surface area contributed by atoms with Crippen LogP contribution in [0.5, 0.6) is 0 Å². The lowest BCUT2D eigenvalue weighted by Crippen LogP contribution is -2.29. The highest BCUT2D eigenvalue weighted by Crippen LogP contribution is 2.35. The molecule has 0 aliphatic heterocycles. The third-order valence-corrected chi connectivity index (χ3v) is 4.79. The van der Waals surface area contributed by atoms with E-state index < -0.39 is 0 Å². The molecule has 3 heteroatoms. The summed E-state index contributed by atoms with van der Waals surface area (Å²) in [5, 5.41) is 9.56. The number of aliphatic hydroxyl groups is 1. The molecule has 0 aromatic heterocycles. The van der Waals surface area contributed by atoms with Crippen LogP contribution in [0.15, 0.2) is 12.2 Å². The second kappa shape index (κ2) is 9.99. The maximum absolute atomic E-state index is 11.4. The number of carbonyl (C=O) groups excluding carboxylic acids is 1. The Labute approximate surface area is 129 Å². The molecule has 1 N–H and O–H groups in total. The normalized spacial score (nSPS) is 23.6. The lowest BCUT2D eigenvalue weighted by Gasteiger charge is -2.33. The van der Waals surface area contributed by atoms with Crippen molar-refractivity contribution in [3.63, 3.8) is 0 Å². The van der Waals surface area contributed by atoms with Crippen LogP contribution in [0.2, 0.25) is 0 Å². The van der Waals surface area contributed by atoms with Crippen LogP contribution in [0.1, 0.15) is 65.2 Å². The summed E-state index contributed by atoms with van der Waals surface area (Å²) in [7, 11) is 0. The average molecular weight is 296 g/mol. The molecular formula is C18H32O3. The van der Waals surface area contributed by atoms with Gasteiger partial charge < -0.3 is 9.84 Å². The second-order valence-corrected chi connectivity index (χ2v) is 6.60. The molecule has 0 radical (unpaired) electrons. The Morgan fingerprint density at radius 2 is 1.95 bits per heavy atom. The van der Waals surface area contributed by atoms with Gasteiger partial charge in [0.15, 0.2) is 0 Å². The lowest BCUT2D eigenvalue weighted by atomic mass is 9.75. The van der Waals surface area contributed by atoms with E-state index in [-0.39, 0.29) is 18.5 Å². The van der Waals surface area contributed by atoms with Crippen LogP contribution < -0.4 is 0 Å². The van der Waals surface area contributed by atoms with Crippen molar-refractivity contribution in [2.45, 2.75) is 65.2 Å². The zero-order valence-corrected chi connectivity index (χ0v) is 13.8. The molecule has 1 aliphatic rings. The van der Waals surface area contributed by atoms with Crippen molar-refractivity contribution in [1.82, 2.24) is 0 Å². The minimum Gasteiger partial charge on any atom is -0.462 e. The summed E-state index contributed by atoms with van der Waals surface area (Å²) in [6.45, 7) is 7.91. The number of esters is 1. The smallest absolute Gasteiger partial charge is 0.333 e. The van der Waals surface area contributed by atoms with E-state index in [2.05, 4.69) is 13.5 Å². The molecule has 21 heavy (non-hydrogen) atoms.